The number of phenolic OH excluding ortho intramolecular Hbond substituents is 1. The van der Waals surface area contributed by atoms with E-state index in [4.69, 9.17) is 4.74 Å². The van der Waals surface area contributed by atoms with Gasteiger partial charge in [-0.1, -0.05) is 0 Å². The summed E-state index contributed by atoms with van der Waals surface area (Å²) in [6, 6.07) is 6.00. The number of anilines is 1. The van der Waals surface area contributed by atoms with Crippen molar-refractivity contribution >= 4 is 12.0 Å². The zero-order chi connectivity index (χ0) is 16.3. The molecule has 2 rings (SSSR count). The lowest BCUT2D eigenvalue weighted by Gasteiger charge is -2.08. The molecule has 1 aromatic heterocycles. The minimum Gasteiger partial charge on any atom is -0.504 e. The van der Waals surface area contributed by atoms with E-state index in [0.29, 0.717) is 11.3 Å². The van der Waals surface area contributed by atoms with E-state index in [1.165, 1.54) is 44.1 Å². The Bertz CT molecular complexity index is 836. The molecule has 0 amide bonds. The molecule has 2 aromatic rings. The number of phenols is 1. The molecule has 116 valence electrons. The predicted molar refractivity (Wildman–Crippen MR) is 82.8 cm³/mol. The molecule has 0 atom stereocenters. The molecule has 0 spiro atoms. The highest BCUT2D eigenvalue weighted by Gasteiger charge is 2.04. The van der Waals surface area contributed by atoms with E-state index < -0.39 is 11.2 Å². The molecule has 8 nitrogen and oxygen atoms in total. The molecule has 2 N–H and O–H groups in total. The summed E-state index contributed by atoms with van der Waals surface area (Å²) in [5, 5.41) is 13.5. The van der Waals surface area contributed by atoms with Crippen molar-refractivity contribution in [3.8, 4) is 11.5 Å². The van der Waals surface area contributed by atoms with E-state index in [0.717, 1.165) is 4.57 Å². The Labute approximate surface area is 125 Å². The Morgan fingerprint density at radius 2 is 1.95 bits per heavy atom. The van der Waals surface area contributed by atoms with Gasteiger partial charge >= 0.3 is 5.69 Å². The minimum atomic E-state index is -0.448. The molecule has 22 heavy (non-hydrogen) atoms. The normalized spacial score (nSPS) is 10.9. The van der Waals surface area contributed by atoms with Crippen LogP contribution >= 0.6 is 0 Å². The van der Waals surface area contributed by atoms with Crippen LogP contribution in [0.25, 0.3) is 0 Å². The Hall–Kier alpha value is -3.03. The van der Waals surface area contributed by atoms with Gasteiger partial charge in [0.15, 0.2) is 11.5 Å². The number of hydrazone groups is 1. The number of hydrogen-bond acceptors (Lipinski definition) is 6. The Kier molecular flexibility index (Phi) is 4.31. The van der Waals surface area contributed by atoms with Crippen molar-refractivity contribution in [1.29, 1.82) is 0 Å². The third kappa shape index (κ3) is 3.00. The first-order chi connectivity index (χ1) is 10.4. The molecule has 8 heteroatoms. The van der Waals surface area contributed by atoms with Crippen LogP contribution in [-0.2, 0) is 14.1 Å². The number of benzene rings is 1. The number of aromatic hydroxyl groups is 1. The fourth-order valence-corrected chi connectivity index (χ4v) is 1.79. The third-order valence-corrected chi connectivity index (χ3v) is 3.12. The van der Waals surface area contributed by atoms with Crippen LogP contribution in [0, 0.1) is 0 Å². The van der Waals surface area contributed by atoms with E-state index in [2.05, 4.69) is 10.5 Å². The van der Waals surface area contributed by atoms with Crippen molar-refractivity contribution in [1.82, 2.24) is 9.13 Å². The van der Waals surface area contributed by atoms with Gasteiger partial charge in [0, 0.05) is 20.2 Å². The van der Waals surface area contributed by atoms with E-state index in [1.54, 1.807) is 12.1 Å². The van der Waals surface area contributed by atoms with Crippen molar-refractivity contribution in [2.75, 3.05) is 12.5 Å². The molecule has 0 radical (unpaired) electrons. The fourth-order valence-electron chi connectivity index (χ4n) is 1.79. The lowest BCUT2D eigenvalue weighted by atomic mass is 10.2. The van der Waals surface area contributed by atoms with Crippen molar-refractivity contribution < 1.29 is 9.84 Å². The molecular weight excluding hydrogens is 288 g/mol. The van der Waals surface area contributed by atoms with Gasteiger partial charge in [0.05, 0.1) is 13.3 Å². The van der Waals surface area contributed by atoms with Gasteiger partial charge in [0.1, 0.15) is 5.82 Å². The molecule has 0 aliphatic carbocycles. The predicted octanol–water partition coefficient (Wildman–Crippen LogP) is 0.244. The zero-order valence-electron chi connectivity index (χ0n) is 12.4. The number of ether oxygens (including phenoxy) is 1. The van der Waals surface area contributed by atoms with Crippen LogP contribution in [0.4, 0.5) is 5.82 Å². The summed E-state index contributed by atoms with van der Waals surface area (Å²) in [6.07, 6.45) is 1.48. The maximum Gasteiger partial charge on any atom is 0.332 e. The van der Waals surface area contributed by atoms with Gasteiger partial charge in [-0.25, -0.2) is 4.79 Å². The highest BCUT2D eigenvalue weighted by molar-refractivity contribution is 5.81. The van der Waals surface area contributed by atoms with Crippen molar-refractivity contribution in [2.24, 2.45) is 19.2 Å². The van der Waals surface area contributed by atoms with Crippen molar-refractivity contribution in [2.45, 2.75) is 0 Å². The molecule has 0 bridgehead atoms. The molecule has 1 aromatic carbocycles. The van der Waals surface area contributed by atoms with Crippen LogP contribution in [0.15, 0.2) is 39.0 Å². The Morgan fingerprint density at radius 1 is 1.23 bits per heavy atom. The first kappa shape index (κ1) is 15.4. The summed E-state index contributed by atoms with van der Waals surface area (Å²) >= 11 is 0. The molecule has 0 fully saturated rings. The molecule has 0 unspecified atom stereocenters. The molecule has 1 heterocycles. The van der Waals surface area contributed by atoms with E-state index in [1.807, 2.05) is 0 Å². The van der Waals surface area contributed by atoms with Gasteiger partial charge in [-0.05, 0) is 23.8 Å². The third-order valence-electron chi connectivity index (χ3n) is 3.12. The van der Waals surface area contributed by atoms with Gasteiger partial charge in [-0.2, -0.15) is 5.10 Å². The number of rotatable bonds is 4. The topological polar surface area (TPSA) is 97.9 Å². The number of methoxy groups -OCH3 is 1. The van der Waals surface area contributed by atoms with Gasteiger partial charge in [0.25, 0.3) is 5.56 Å². The van der Waals surface area contributed by atoms with E-state index in [9.17, 15) is 14.7 Å². The fraction of sp³-hybridized carbons (Fsp3) is 0.214. The van der Waals surface area contributed by atoms with Crippen LogP contribution in [0.2, 0.25) is 0 Å². The second-order valence-corrected chi connectivity index (χ2v) is 4.57. The summed E-state index contributed by atoms with van der Waals surface area (Å²) in [5.74, 6) is 0.626. The summed E-state index contributed by atoms with van der Waals surface area (Å²) in [6.45, 7) is 0. The van der Waals surface area contributed by atoms with Gasteiger partial charge in [-0.3, -0.25) is 19.4 Å². The number of nitrogens with zero attached hydrogens (tertiary/aromatic N) is 3. The number of nitrogens with one attached hydrogen (secondary N) is 1. The smallest absolute Gasteiger partial charge is 0.332 e. The van der Waals surface area contributed by atoms with E-state index >= 15 is 0 Å². The average Bonchev–Trinajstić information content (AvgIpc) is 2.51. The van der Waals surface area contributed by atoms with Crippen molar-refractivity contribution in [3.05, 3.63) is 50.7 Å². The summed E-state index contributed by atoms with van der Waals surface area (Å²) < 4.78 is 7.27. The maximum atomic E-state index is 11.8. The lowest BCUT2D eigenvalue weighted by molar-refractivity contribution is 0.373. The second-order valence-electron chi connectivity index (χ2n) is 4.57. The molecule has 0 saturated carbocycles. The SMILES string of the molecule is COc1cc(/C=N/Nc2cc(=O)n(C)c(=O)n2C)ccc1O. The summed E-state index contributed by atoms with van der Waals surface area (Å²) in [7, 11) is 4.38. The van der Waals surface area contributed by atoms with Crippen LogP contribution in [-0.4, -0.2) is 27.6 Å². The van der Waals surface area contributed by atoms with Crippen LogP contribution in [0.3, 0.4) is 0 Å². The van der Waals surface area contributed by atoms with Crippen LogP contribution in [0.1, 0.15) is 5.56 Å². The van der Waals surface area contributed by atoms with Gasteiger partial charge < -0.3 is 9.84 Å². The Balaban J connectivity index is 2.23. The standard InChI is InChI=1S/C14H16N4O4/c1-17-12(7-13(20)18(2)14(17)21)16-15-8-9-4-5-10(19)11(6-9)22-3/h4-8,16,19H,1-3H3/b15-8+. The molecular formula is C14H16N4O4. The van der Waals surface area contributed by atoms with E-state index in [-0.39, 0.29) is 11.6 Å². The summed E-state index contributed by atoms with van der Waals surface area (Å²) in [4.78, 5) is 23.3. The summed E-state index contributed by atoms with van der Waals surface area (Å²) in [5.41, 5.74) is 2.44. The largest absolute Gasteiger partial charge is 0.504 e. The van der Waals surface area contributed by atoms with Gasteiger partial charge in [0.2, 0.25) is 0 Å². The zero-order valence-corrected chi connectivity index (χ0v) is 12.4. The highest BCUT2D eigenvalue weighted by Crippen LogP contribution is 2.25. The Morgan fingerprint density at radius 3 is 2.64 bits per heavy atom. The van der Waals surface area contributed by atoms with Gasteiger partial charge in [-0.15, -0.1) is 0 Å². The maximum absolute atomic E-state index is 11.8. The lowest BCUT2D eigenvalue weighted by Crippen LogP contribution is -2.37. The quantitative estimate of drug-likeness (QED) is 0.623. The molecule has 0 saturated heterocycles. The second kappa shape index (κ2) is 6.17. The number of aromatic nitrogens is 2. The average molecular weight is 304 g/mol. The van der Waals surface area contributed by atoms with Crippen LogP contribution in [0.5, 0.6) is 11.5 Å². The first-order valence-corrected chi connectivity index (χ1v) is 6.37. The monoisotopic (exact) mass is 304 g/mol. The highest BCUT2D eigenvalue weighted by atomic mass is 16.5. The first-order valence-electron chi connectivity index (χ1n) is 6.37. The van der Waals surface area contributed by atoms with Crippen molar-refractivity contribution in [3.63, 3.8) is 0 Å². The number of hydrogen-bond donors (Lipinski definition) is 2. The van der Waals surface area contributed by atoms with Crippen LogP contribution < -0.4 is 21.4 Å². The minimum absolute atomic E-state index is 0.0292. The molecule has 0 aliphatic heterocycles. The molecule has 0 aliphatic rings.